The molecular weight excluding hydrogens is 247 g/mol. The van der Waals surface area contributed by atoms with Gasteiger partial charge in [-0.05, 0) is 37.0 Å². The third kappa shape index (κ3) is 3.67. The van der Waals surface area contributed by atoms with Gasteiger partial charge in [-0.1, -0.05) is 0 Å². The molecule has 0 spiro atoms. The van der Waals surface area contributed by atoms with Crippen molar-refractivity contribution in [3.05, 3.63) is 29.6 Å². The predicted molar refractivity (Wildman–Crippen MR) is 71.3 cm³/mol. The van der Waals surface area contributed by atoms with Gasteiger partial charge in [0, 0.05) is 38.1 Å². The first kappa shape index (κ1) is 13.8. The number of ether oxygens (including phenoxy) is 1. The van der Waals surface area contributed by atoms with Gasteiger partial charge in [0.1, 0.15) is 5.82 Å². The molecule has 1 aromatic rings. The van der Waals surface area contributed by atoms with Crippen LogP contribution in [0.3, 0.4) is 0 Å². The minimum atomic E-state index is -0.484. The summed E-state index contributed by atoms with van der Waals surface area (Å²) >= 11 is 0. The second kappa shape index (κ2) is 6.02. The maximum absolute atomic E-state index is 13.2. The molecule has 0 aliphatic carbocycles. The number of carbonyl (C=O) groups excluding carboxylic acids is 1. The summed E-state index contributed by atoms with van der Waals surface area (Å²) < 4.78 is 18.5. The van der Waals surface area contributed by atoms with Gasteiger partial charge in [0.15, 0.2) is 0 Å². The van der Waals surface area contributed by atoms with Crippen molar-refractivity contribution < 1.29 is 13.9 Å². The van der Waals surface area contributed by atoms with Gasteiger partial charge in [-0.15, -0.1) is 0 Å². The van der Waals surface area contributed by atoms with Crippen molar-refractivity contribution in [1.82, 2.24) is 4.90 Å². The SMILES string of the molecule is CN(CC1CCOCC1)C(=O)c1cc(N)cc(F)c1. The summed E-state index contributed by atoms with van der Waals surface area (Å²) in [6, 6.07) is 3.93. The van der Waals surface area contributed by atoms with Crippen LogP contribution in [0.1, 0.15) is 23.2 Å². The van der Waals surface area contributed by atoms with Gasteiger partial charge in [0.05, 0.1) is 0 Å². The summed E-state index contributed by atoms with van der Waals surface area (Å²) in [7, 11) is 1.74. The van der Waals surface area contributed by atoms with Gasteiger partial charge in [0.25, 0.3) is 5.91 Å². The van der Waals surface area contributed by atoms with Crippen LogP contribution >= 0.6 is 0 Å². The van der Waals surface area contributed by atoms with E-state index in [2.05, 4.69) is 0 Å². The molecule has 1 heterocycles. The van der Waals surface area contributed by atoms with Gasteiger partial charge in [-0.3, -0.25) is 4.79 Å². The van der Waals surface area contributed by atoms with Crippen LogP contribution in [0.2, 0.25) is 0 Å². The van der Waals surface area contributed by atoms with Crippen molar-refractivity contribution in [2.45, 2.75) is 12.8 Å². The molecule has 104 valence electrons. The summed E-state index contributed by atoms with van der Waals surface area (Å²) in [6.45, 7) is 2.16. The van der Waals surface area contributed by atoms with E-state index in [0.29, 0.717) is 18.0 Å². The maximum atomic E-state index is 13.2. The number of halogens is 1. The van der Waals surface area contributed by atoms with E-state index in [1.165, 1.54) is 18.2 Å². The number of hydrogen-bond acceptors (Lipinski definition) is 3. The molecule has 0 radical (unpaired) electrons. The third-order valence-electron chi connectivity index (χ3n) is 3.39. The Morgan fingerprint density at radius 1 is 1.42 bits per heavy atom. The molecule has 4 nitrogen and oxygen atoms in total. The van der Waals surface area contributed by atoms with E-state index in [-0.39, 0.29) is 11.6 Å². The number of hydrogen-bond donors (Lipinski definition) is 1. The Hall–Kier alpha value is -1.62. The lowest BCUT2D eigenvalue weighted by molar-refractivity contribution is 0.0497. The quantitative estimate of drug-likeness (QED) is 0.850. The summed E-state index contributed by atoms with van der Waals surface area (Å²) in [5.41, 5.74) is 6.12. The zero-order chi connectivity index (χ0) is 13.8. The van der Waals surface area contributed by atoms with Crippen LogP contribution < -0.4 is 5.73 Å². The lowest BCUT2D eigenvalue weighted by Gasteiger charge is -2.27. The molecule has 2 N–H and O–H groups in total. The van der Waals surface area contributed by atoms with Crippen LogP contribution in [-0.2, 0) is 4.74 Å². The highest BCUT2D eigenvalue weighted by atomic mass is 19.1. The van der Waals surface area contributed by atoms with Crippen LogP contribution in [0, 0.1) is 11.7 Å². The van der Waals surface area contributed by atoms with Crippen molar-refractivity contribution in [1.29, 1.82) is 0 Å². The highest BCUT2D eigenvalue weighted by molar-refractivity contribution is 5.94. The molecule has 2 rings (SSSR count). The Morgan fingerprint density at radius 2 is 2.11 bits per heavy atom. The van der Waals surface area contributed by atoms with Crippen molar-refractivity contribution in [2.24, 2.45) is 5.92 Å². The first-order valence-electron chi connectivity index (χ1n) is 6.45. The van der Waals surface area contributed by atoms with Crippen LogP contribution in [0.4, 0.5) is 10.1 Å². The second-order valence-electron chi connectivity index (χ2n) is 5.01. The zero-order valence-corrected chi connectivity index (χ0v) is 11.1. The number of rotatable bonds is 3. The molecule has 1 aliphatic heterocycles. The molecule has 0 bridgehead atoms. The van der Waals surface area contributed by atoms with Crippen LogP contribution in [-0.4, -0.2) is 37.6 Å². The van der Waals surface area contributed by atoms with E-state index in [1.807, 2.05) is 0 Å². The molecule has 0 saturated carbocycles. The van der Waals surface area contributed by atoms with E-state index >= 15 is 0 Å². The smallest absolute Gasteiger partial charge is 0.253 e. The molecule has 5 heteroatoms. The van der Waals surface area contributed by atoms with Crippen molar-refractivity contribution in [2.75, 3.05) is 32.5 Å². The Kier molecular flexibility index (Phi) is 4.37. The molecule has 1 amide bonds. The Bertz CT molecular complexity index is 439. The number of amides is 1. The van der Waals surface area contributed by atoms with Crippen LogP contribution in [0.25, 0.3) is 0 Å². The highest BCUT2D eigenvalue weighted by Crippen LogP contribution is 2.18. The summed E-state index contributed by atoms with van der Waals surface area (Å²) in [4.78, 5) is 13.8. The molecule has 0 atom stereocenters. The van der Waals surface area contributed by atoms with Crippen molar-refractivity contribution in [3.63, 3.8) is 0 Å². The average molecular weight is 266 g/mol. The minimum absolute atomic E-state index is 0.197. The molecule has 0 unspecified atom stereocenters. The number of benzene rings is 1. The van der Waals surface area contributed by atoms with Crippen LogP contribution in [0.5, 0.6) is 0 Å². The average Bonchev–Trinajstić information content (AvgIpc) is 2.37. The second-order valence-corrected chi connectivity index (χ2v) is 5.01. The Morgan fingerprint density at radius 3 is 2.74 bits per heavy atom. The largest absolute Gasteiger partial charge is 0.399 e. The summed E-state index contributed by atoms with van der Waals surface area (Å²) in [5, 5.41) is 0. The number of nitrogen functional groups attached to an aromatic ring is 1. The zero-order valence-electron chi connectivity index (χ0n) is 11.1. The highest BCUT2D eigenvalue weighted by Gasteiger charge is 2.20. The van der Waals surface area contributed by atoms with E-state index in [1.54, 1.807) is 11.9 Å². The predicted octanol–water partition coefficient (Wildman–Crippen LogP) is 1.91. The summed E-state index contributed by atoms with van der Waals surface area (Å²) in [5.74, 6) is -0.228. The van der Waals surface area contributed by atoms with E-state index in [9.17, 15) is 9.18 Å². The number of carbonyl (C=O) groups is 1. The molecule has 1 aliphatic rings. The van der Waals surface area contributed by atoms with Crippen molar-refractivity contribution in [3.8, 4) is 0 Å². The minimum Gasteiger partial charge on any atom is -0.399 e. The third-order valence-corrected chi connectivity index (χ3v) is 3.39. The number of anilines is 1. The Labute approximate surface area is 112 Å². The van der Waals surface area contributed by atoms with Gasteiger partial charge in [-0.2, -0.15) is 0 Å². The lowest BCUT2D eigenvalue weighted by Crippen LogP contribution is -2.34. The first-order valence-corrected chi connectivity index (χ1v) is 6.45. The normalized spacial score (nSPS) is 16.3. The fraction of sp³-hybridized carbons (Fsp3) is 0.500. The molecular formula is C14H19FN2O2. The van der Waals surface area contributed by atoms with E-state index in [4.69, 9.17) is 10.5 Å². The molecule has 1 saturated heterocycles. The lowest BCUT2D eigenvalue weighted by atomic mass is 9.99. The first-order chi connectivity index (χ1) is 9.06. The topological polar surface area (TPSA) is 55.6 Å². The van der Waals surface area contributed by atoms with Gasteiger partial charge in [0.2, 0.25) is 0 Å². The van der Waals surface area contributed by atoms with Gasteiger partial charge >= 0.3 is 0 Å². The number of nitrogens with zero attached hydrogens (tertiary/aromatic N) is 1. The standard InChI is InChI=1S/C14H19FN2O2/c1-17(9-10-2-4-19-5-3-10)14(18)11-6-12(15)8-13(16)7-11/h6-8,10H,2-5,9,16H2,1H3. The van der Waals surface area contributed by atoms with E-state index in [0.717, 1.165) is 26.1 Å². The molecule has 1 aromatic carbocycles. The maximum Gasteiger partial charge on any atom is 0.253 e. The van der Waals surface area contributed by atoms with Gasteiger partial charge in [-0.25, -0.2) is 4.39 Å². The van der Waals surface area contributed by atoms with E-state index < -0.39 is 5.82 Å². The summed E-state index contributed by atoms with van der Waals surface area (Å²) in [6.07, 6.45) is 1.92. The fourth-order valence-electron chi connectivity index (χ4n) is 2.36. The Balaban J connectivity index is 2.01. The van der Waals surface area contributed by atoms with Crippen molar-refractivity contribution >= 4 is 11.6 Å². The molecule has 19 heavy (non-hydrogen) atoms. The number of nitrogens with two attached hydrogens (primary N) is 1. The molecule has 0 aromatic heterocycles. The fourth-order valence-corrected chi connectivity index (χ4v) is 2.36. The monoisotopic (exact) mass is 266 g/mol. The molecule has 1 fully saturated rings. The van der Waals surface area contributed by atoms with Crippen LogP contribution in [0.15, 0.2) is 18.2 Å². The van der Waals surface area contributed by atoms with Gasteiger partial charge < -0.3 is 15.4 Å².